The summed E-state index contributed by atoms with van der Waals surface area (Å²) < 4.78 is 13.7. The summed E-state index contributed by atoms with van der Waals surface area (Å²) in [4.78, 5) is 17.7. The number of thiazole rings is 1. The van der Waals surface area contributed by atoms with Crippen molar-refractivity contribution < 1.29 is 14.3 Å². The maximum absolute atomic E-state index is 12.7. The highest BCUT2D eigenvalue weighted by molar-refractivity contribution is 7.16. The lowest BCUT2D eigenvalue weighted by Crippen LogP contribution is -2.14. The molecule has 0 atom stereocenters. The highest BCUT2D eigenvalue weighted by Gasteiger charge is 2.16. The van der Waals surface area contributed by atoms with E-state index in [4.69, 9.17) is 9.47 Å². The van der Waals surface area contributed by atoms with Crippen LogP contribution in [0.1, 0.15) is 21.5 Å². The van der Waals surface area contributed by atoms with Crippen LogP contribution in [0.2, 0.25) is 0 Å². The number of para-hydroxylation sites is 1. The predicted molar refractivity (Wildman–Crippen MR) is 99.7 cm³/mol. The Morgan fingerprint density at radius 3 is 2.56 bits per heavy atom. The summed E-state index contributed by atoms with van der Waals surface area (Å²) in [6, 6.07) is 9.35. The van der Waals surface area contributed by atoms with E-state index in [9.17, 15) is 4.79 Å². The van der Waals surface area contributed by atoms with Gasteiger partial charge < -0.3 is 14.0 Å². The van der Waals surface area contributed by atoms with Gasteiger partial charge in [0.25, 0.3) is 5.91 Å². The van der Waals surface area contributed by atoms with Crippen molar-refractivity contribution in [2.45, 2.75) is 13.8 Å². The van der Waals surface area contributed by atoms with Crippen molar-refractivity contribution in [2.24, 2.45) is 12.0 Å². The number of hydrogen-bond donors (Lipinski definition) is 0. The molecule has 1 aromatic heterocycles. The zero-order valence-electron chi connectivity index (χ0n) is 14.9. The molecule has 0 saturated carbocycles. The molecular formula is C19H20N2O3S. The van der Waals surface area contributed by atoms with Crippen LogP contribution in [0, 0.1) is 13.8 Å². The van der Waals surface area contributed by atoms with Gasteiger partial charge in [-0.25, -0.2) is 0 Å². The van der Waals surface area contributed by atoms with Crippen molar-refractivity contribution >= 4 is 27.5 Å². The van der Waals surface area contributed by atoms with Crippen molar-refractivity contribution in [3.05, 3.63) is 51.8 Å². The molecule has 0 spiro atoms. The first-order valence-corrected chi connectivity index (χ1v) is 8.65. The Morgan fingerprint density at radius 1 is 1.12 bits per heavy atom. The first kappa shape index (κ1) is 17.2. The zero-order chi connectivity index (χ0) is 18.1. The largest absolute Gasteiger partial charge is 0.493 e. The van der Waals surface area contributed by atoms with Crippen molar-refractivity contribution in [1.82, 2.24) is 4.57 Å². The number of aromatic nitrogens is 1. The number of carbonyl (C=O) groups excluding carboxylic acids is 1. The van der Waals surface area contributed by atoms with Gasteiger partial charge in [-0.1, -0.05) is 23.5 Å². The number of methoxy groups -OCH3 is 2. The second-order valence-corrected chi connectivity index (χ2v) is 6.76. The highest BCUT2D eigenvalue weighted by atomic mass is 32.1. The van der Waals surface area contributed by atoms with E-state index in [2.05, 4.69) is 31.0 Å². The van der Waals surface area contributed by atoms with Gasteiger partial charge in [-0.2, -0.15) is 4.99 Å². The fraction of sp³-hybridized carbons (Fsp3) is 0.263. The molecule has 0 aliphatic heterocycles. The Bertz CT molecular complexity index is 1030. The number of hydrogen-bond acceptors (Lipinski definition) is 4. The first-order valence-electron chi connectivity index (χ1n) is 7.83. The average molecular weight is 356 g/mol. The second-order valence-electron chi connectivity index (χ2n) is 5.76. The summed E-state index contributed by atoms with van der Waals surface area (Å²) in [6.45, 7) is 4.16. The number of benzene rings is 2. The summed E-state index contributed by atoms with van der Waals surface area (Å²) in [6.07, 6.45) is 0. The van der Waals surface area contributed by atoms with Crippen LogP contribution < -0.4 is 14.3 Å². The maximum atomic E-state index is 12.7. The summed E-state index contributed by atoms with van der Waals surface area (Å²) in [5, 5.41) is 0. The Hall–Kier alpha value is -2.60. The van der Waals surface area contributed by atoms with Crippen LogP contribution in [0.5, 0.6) is 11.5 Å². The van der Waals surface area contributed by atoms with E-state index in [0.29, 0.717) is 21.9 Å². The minimum Gasteiger partial charge on any atom is -0.493 e. The van der Waals surface area contributed by atoms with E-state index < -0.39 is 0 Å². The van der Waals surface area contributed by atoms with Gasteiger partial charge in [-0.15, -0.1) is 0 Å². The maximum Gasteiger partial charge on any atom is 0.283 e. The molecule has 0 unspecified atom stereocenters. The molecule has 1 heterocycles. The van der Waals surface area contributed by atoms with Gasteiger partial charge in [0.2, 0.25) is 0 Å². The second kappa shape index (κ2) is 6.72. The first-order chi connectivity index (χ1) is 12.0. The molecule has 1 amide bonds. The number of nitrogens with zero attached hydrogens (tertiary/aromatic N) is 2. The molecule has 0 radical (unpaired) electrons. The number of ether oxygens (including phenoxy) is 2. The van der Waals surface area contributed by atoms with E-state index in [0.717, 1.165) is 10.2 Å². The Labute approximate surface area is 150 Å². The van der Waals surface area contributed by atoms with Gasteiger partial charge in [0.1, 0.15) is 0 Å². The number of rotatable bonds is 3. The van der Waals surface area contributed by atoms with E-state index in [1.807, 2.05) is 11.6 Å². The Balaban J connectivity index is 2.16. The summed E-state index contributed by atoms with van der Waals surface area (Å²) in [5.74, 6) is 0.553. The lowest BCUT2D eigenvalue weighted by molar-refractivity contribution is 0.0994. The molecule has 25 heavy (non-hydrogen) atoms. The quantitative estimate of drug-likeness (QED) is 0.720. The summed E-state index contributed by atoms with van der Waals surface area (Å²) in [5.41, 5.74) is 3.90. The van der Waals surface area contributed by atoms with Crippen LogP contribution in [-0.2, 0) is 7.05 Å². The van der Waals surface area contributed by atoms with E-state index in [-0.39, 0.29) is 5.91 Å². The molecule has 0 aliphatic rings. The van der Waals surface area contributed by atoms with Gasteiger partial charge in [0.15, 0.2) is 16.3 Å². The molecule has 0 bridgehead atoms. The van der Waals surface area contributed by atoms with Crippen LogP contribution in [0.15, 0.2) is 35.3 Å². The van der Waals surface area contributed by atoms with Crippen molar-refractivity contribution in [1.29, 1.82) is 0 Å². The smallest absolute Gasteiger partial charge is 0.283 e. The van der Waals surface area contributed by atoms with Crippen molar-refractivity contribution in [2.75, 3.05) is 14.2 Å². The lowest BCUT2D eigenvalue weighted by Gasteiger charge is -2.09. The average Bonchev–Trinajstić information content (AvgIpc) is 2.93. The van der Waals surface area contributed by atoms with Crippen LogP contribution in [0.4, 0.5) is 0 Å². The SMILES string of the molecule is COc1cccc(C(=O)N=c2sc3ccc(C)c(C)c3n2C)c1OC. The third kappa shape index (κ3) is 2.93. The predicted octanol–water partition coefficient (Wildman–Crippen LogP) is 3.61. The van der Waals surface area contributed by atoms with Crippen LogP contribution in [-0.4, -0.2) is 24.7 Å². The van der Waals surface area contributed by atoms with Crippen LogP contribution >= 0.6 is 11.3 Å². The van der Waals surface area contributed by atoms with Gasteiger partial charge in [0, 0.05) is 7.05 Å². The number of fused-ring (bicyclic) bond motifs is 1. The van der Waals surface area contributed by atoms with E-state index in [1.165, 1.54) is 29.6 Å². The fourth-order valence-corrected chi connectivity index (χ4v) is 3.91. The van der Waals surface area contributed by atoms with Crippen LogP contribution in [0.25, 0.3) is 10.2 Å². The van der Waals surface area contributed by atoms with Crippen LogP contribution in [0.3, 0.4) is 0 Å². The van der Waals surface area contributed by atoms with Crippen molar-refractivity contribution in [3.63, 3.8) is 0 Å². The molecule has 3 aromatic rings. The molecule has 2 aromatic carbocycles. The monoisotopic (exact) mass is 356 g/mol. The van der Waals surface area contributed by atoms with E-state index >= 15 is 0 Å². The topological polar surface area (TPSA) is 52.8 Å². The third-order valence-electron chi connectivity index (χ3n) is 4.32. The molecule has 5 nitrogen and oxygen atoms in total. The third-order valence-corrected chi connectivity index (χ3v) is 5.42. The molecule has 6 heteroatoms. The number of carbonyl (C=O) groups is 1. The number of amides is 1. The Kier molecular flexibility index (Phi) is 4.63. The Morgan fingerprint density at radius 2 is 1.88 bits per heavy atom. The minimum absolute atomic E-state index is 0.354. The molecule has 130 valence electrons. The molecule has 0 aliphatic carbocycles. The molecule has 0 saturated heterocycles. The standard InChI is InChI=1S/C19H20N2O3S/c1-11-9-10-15-16(12(11)2)21(3)19(25-15)20-18(22)13-7-6-8-14(23-4)17(13)24-5/h6-10H,1-5H3. The normalized spacial score (nSPS) is 11.8. The lowest BCUT2D eigenvalue weighted by atomic mass is 10.1. The summed E-state index contributed by atoms with van der Waals surface area (Å²) in [7, 11) is 4.99. The molecule has 0 N–H and O–H groups in total. The van der Waals surface area contributed by atoms with Gasteiger partial charge in [0.05, 0.1) is 30.0 Å². The minimum atomic E-state index is -0.354. The number of aryl methyl sites for hydroxylation is 3. The van der Waals surface area contributed by atoms with Gasteiger partial charge in [-0.05, 0) is 43.2 Å². The molecular weight excluding hydrogens is 336 g/mol. The van der Waals surface area contributed by atoms with Crippen molar-refractivity contribution in [3.8, 4) is 11.5 Å². The molecule has 0 fully saturated rings. The zero-order valence-corrected chi connectivity index (χ0v) is 15.7. The molecule has 3 rings (SSSR count). The fourth-order valence-electron chi connectivity index (χ4n) is 2.84. The van der Waals surface area contributed by atoms with Gasteiger partial charge >= 0.3 is 0 Å². The highest BCUT2D eigenvalue weighted by Crippen LogP contribution is 2.31. The van der Waals surface area contributed by atoms with E-state index in [1.54, 1.807) is 25.3 Å². The van der Waals surface area contributed by atoms with Gasteiger partial charge in [-0.3, -0.25) is 4.79 Å². The summed E-state index contributed by atoms with van der Waals surface area (Å²) >= 11 is 1.50.